The van der Waals surface area contributed by atoms with Crippen LogP contribution in [0.15, 0.2) is 53.8 Å². The van der Waals surface area contributed by atoms with E-state index in [9.17, 15) is 5.11 Å². The lowest BCUT2D eigenvalue weighted by Gasteiger charge is -2.38. The van der Waals surface area contributed by atoms with Crippen molar-refractivity contribution in [2.45, 2.75) is 36.9 Å². The molecule has 182 valence electrons. The number of likely N-dealkylation sites (tertiary alicyclic amines) is 1. The Bertz CT molecular complexity index is 1040. The summed E-state index contributed by atoms with van der Waals surface area (Å²) in [7, 11) is 1.61. The number of rotatable bonds is 11. The molecular formula is C26H33FN4O2S. The molecule has 1 fully saturated rings. The van der Waals surface area contributed by atoms with Gasteiger partial charge in [0.2, 0.25) is 0 Å². The van der Waals surface area contributed by atoms with Gasteiger partial charge in [-0.05, 0) is 92.6 Å². The maximum Gasteiger partial charge on any atom is 0.126 e. The van der Waals surface area contributed by atoms with Crippen LogP contribution in [-0.4, -0.2) is 64.3 Å². The summed E-state index contributed by atoms with van der Waals surface area (Å²) in [5.74, 6) is 2.24. The molecular weight excluding hydrogens is 451 g/mol. The molecule has 0 bridgehead atoms. The molecule has 0 spiro atoms. The van der Waals surface area contributed by atoms with Crippen molar-refractivity contribution in [3.63, 3.8) is 0 Å². The number of piperidine rings is 1. The van der Waals surface area contributed by atoms with Crippen molar-refractivity contribution in [1.82, 2.24) is 20.1 Å². The normalized spacial score (nSPS) is 19.9. The first-order chi connectivity index (χ1) is 16.7. The van der Waals surface area contributed by atoms with E-state index in [1.54, 1.807) is 37.3 Å². The number of fused-ring (bicyclic) bond motifs is 1. The minimum Gasteiger partial charge on any atom is -0.497 e. The molecule has 1 saturated heterocycles. The molecule has 0 amide bonds. The Kier molecular flexibility index (Phi) is 9.07. The fourth-order valence-electron chi connectivity index (χ4n) is 4.84. The van der Waals surface area contributed by atoms with Gasteiger partial charge < -0.3 is 14.7 Å². The Morgan fingerprint density at radius 1 is 1.24 bits per heavy atom. The van der Waals surface area contributed by atoms with Crippen molar-refractivity contribution >= 4 is 22.7 Å². The van der Waals surface area contributed by atoms with Crippen LogP contribution >= 0.6 is 11.8 Å². The fraction of sp³-hybridized carbons (Fsp3) is 0.500. The lowest BCUT2D eigenvalue weighted by molar-refractivity contribution is 0.0640. The average Bonchev–Trinajstić information content (AvgIpc) is 2.89. The van der Waals surface area contributed by atoms with Crippen LogP contribution < -0.4 is 4.74 Å². The van der Waals surface area contributed by atoms with E-state index >= 15 is 4.39 Å². The molecule has 1 aliphatic rings. The number of hydrogen-bond acceptors (Lipinski definition) is 7. The van der Waals surface area contributed by atoms with E-state index in [0.717, 1.165) is 60.6 Å². The summed E-state index contributed by atoms with van der Waals surface area (Å²) in [6, 6.07) is 11.2. The summed E-state index contributed by atoms with van der Waals surface area (Å²) >= 11 is 1.72. The standard InChI is InChI=1S/C26H33FN4O2S/c1-33-21-6-8-25-23(16-21)22(9-12-28-25)24(27)7-5-19-10-14-31(17-20(19)18-32)13-3-15-34-26-4-2-11-29-30-26/h2,4,6,8-9,11-12,16,19-20,24,32H,3,5,7,10,13-15,17-18H2,1H3/t19-,20-,24-/m1/s1. The predicted molar refractivity (Wildman–Crippen MR) is 134 cm³/mol. The number of aromatic nitrogens is 3. The minimum atomic E-state index is -1.06. The molecule has 0 aliphatic carbocycles. The van der Waals surface area contributed by atoms with Gasteiger partial charge in [-0.2, -0.15) is 5.10 Å². The molecule has 0 unspecified atom stereocenters. The van der Waals surface area contributed by atoms with E-state index < -0.39 is 6.17 Å². The zero-order chi connectivity index (χ0) is 23.8. The monoisotopic (exact) mass is 484 g/mol. The minimum absolute atomic E-state index is 0.155. The maximum atomic E-state index is 15.4. The molecule has 1 aliphatic heterocycles. The highest BCUT2D eigenvalue weighted by molar-refractivity contribution is 7.99. The molecule has 3 atom stereocenters. The zero-order valence-corrected chi connectivity index (χ0v) is 20.5. The molecule has 6 nitrogen and oxygen atoms in total. The largest absolute Gasteiger partial charge is 0.497 e. The SMILES string of the molecule is COc1ccc2nccc([C@H](F)CC[C@@H]3CCN(CCCSc4cccnn4)C[C@@H]3CO)c2c1. The second kappa shape index (κ2) is 12.4. The number of hydrogen-bond donors (Lipinski definition) is 1. The number of aliphatic hydroxyl groups is 1. The second-order valence-corrected chi connectivity index (χ2v) is 10.00. The molecule has 3 heterocycles. The third-order valence-electron chi connectivity index (χ3n) is 6.74. The number of ether oxygens (including phenoxy) is 1. The van der Waals surface area contributed by atoms with Crippen LogP contribution in [0.3, 0.4) is 0 Å². The number of methoxy groups -OCH3 is 1. The van der Waals surface area contributed by atoms with Crippen LogP contribution in [0, 0.1) is 11.8 Å². The summed E-state index contributed by atoms with van der Waals surface area (Å²) < 4.78 is 20.7. The number of pyridine rings is 1. The van der Waals surface area contributed by atoms with Gasteiger partial charge in [-0.3, -0.25) is 4.98 Å². The van der Waals surface area contributed by atoms with Gasteiger partial charge in [0.15, 0.2) is 0 Å². The van der Waals surface area contributed by atoms with Crippen molar-refractivity contribution in [1.29, 1.82) is 0 Å². The van der Waals surface area contributed by atoms with Gasteiger partial charge in [0.25, 0.3) is 0 Å². The van der Waals surface area contributed by atoms with Crippen molar-refractivity contribution in [3.05, 3.63) is 54.4 Å². The highest BCUT2D eigenvalue weighted by atomic mass is 32.2. The van der Waals surface area contributed by atoms with E-state index in [0.29, 0.717) is 23.7 Å². The van der Waals surface area contributed by atoms with Gasteiger partial charge in [0, 0.05) is 36.7 Å². The quantitative estimate of drug-likeness (QED) is 0.305. The first-order valence-corrected chi connectivity index (χ1v) is 13.0. The van der Waals surface area contributed by atoms with Crippen LogP contribution in [-0.2, 0) is 0 Å². The smallest absolute Gasteiger partial charge is 0.126 e. The summed E-state index contributed by atoms with van der Waals surface area (Å²) in [4.78, 5) is 6.80. The molecule has 8 heteroatoms. The maximum absolute atomic E-state index is 15.4. The van der Waals surface area contributed by atoms with E-state index in [1.807, 2.05) is 30.3 Å². The summed E-state index contributed by atoms with van der Waals surface area (Å²) in [6.45, 7) is 3.04. The summed E-state index contributed by atoms with van der Waals surface area (Å²) in [5.41, 5.74) is 1.45. The predicted octanol–water partition coefficient (Wildman–Crippen LogP) is 4.94. The van der Waals surface area contributed by atoms with Crippen molar-refractivity contribution in [2.75, 3.05) is 39.1 Å². The number of benzene rings is 1. The van der Waals surface area contributed by atoms with E-state index in [1.165, 1.54) is 0 Å². The molecule has 0 radical (unpaired) electrons. The van der Waals surface area contributed by atoms with Crippen LogP contribution in [0.2, 0.25) is 0 Å². The summed E-state index contributed by atoms with van der Waals surface area (Å²) in [5, 5.41) is 19.8. The molecule has 1 N–H and O–H groups in total. The Morgan fingerprint density at radius 2 is 2.15 bits per heavy atom. The van der Waals surface area contributed by atoms with E-state index in [4.69, 9.17) is 4.74 Å². The Hall–Kier alpha value is -2.29. The third-order valence-corrected chi connectivity index (χ3v) is 7.74. The molecule has 1 aromatic carbocycles. The first-order valence-electron chi connectivity index (χ1n) is 12.0. The molecule has 3 aromatic rings. The Morgan fingerprint density at radius 3 is 2.94 bits per heavy atom. The Labute approximate surface area is 204 Å². The molecule has 0 saturated carbocycles. The van der Waals surface area contributed by atoms with E-state index in [-0.39, 0.29) is 12.5 Å². The number of thioether (sulfide) groups is 1. The Balaban J connectivity index is 1.26. The lowest BCUT2D eigenvalue weighted by atomic mass is 9.81. The van der Waals surface area contributed by atoms with Gasteiger partial charge >= 0.3 is 0 Å². The van der Waals surface area contributed by atoms with Gasteiger partial charge in [-0.15, -0.1) is 16.9 Å². The highest BCUT2D eigenvalue weighted by Crippen LogP contribution is 2.35. The van der Waals surface area contributed by atoms with Gasteiger partial charge in [-0.1, -0.05) is 0 Å². The highest BCUT2D eigenvalue weighted by Gasteiger charge is 2.29. The van der Waals surface area contributed by atoms with Gasteiger partial charge in [0.05, 0.1) is 12.6 Å². The van der Waals surface area contributed by atoms with Crippen LogP contribution in [0.1, 0.15) is 37.4 Å². The molecule has 2 aromatic heterocycles. The average molecular weight is 485 g/mol. The fourth-order valence-corrected chi connectivity index (χ4v) is 5.60. The van der Waals surface area contributed by atoms with Gasteiger partial charge in [-0.25, -0.2) is 4.39 Å². The number of alkyl halides is 1. The van der Waals surface area contributed by atoms with Crippen LogP contribution in [0.25, 0.3) is 10.9 Å². The lowest BCUT2D eigenvalue weighted by Crippen LogP contribution is -2.42. The van der Waals surface area contributed by atoms with Crippen molar-refractivity contribution in [2.24, 2.45) is 11.8 Å². The van der Waals surface area contributed by atoms with Crippen LogP contribution in [0.5, 0.6) is 5.75 Å². The van der Waals surface area contributed by atoms with Crippen molar-refractivity contribution in [3.8, 4) is 5.75 Å². The first kappa shape index (κ1) is 24.8. The summed E-state index contributed by atoms with van der Waals surface area (Å²) in [6.07, 6.45) is 5.59. The van der Waals surface area contributed by atoms with Gasteiger partial charge in [0.1, 0.15) is 16.9 Å². The van der Waals surface area contributed by atoms with Crippen molar-refractivity contribution < 1.29 is 14.2 Å². The zero-order valence-electron chi connectivity index (χ0n) is 19.6. The molecule has 34 heavy (non-hydrogen) atoms. The van der Waals surface area contributed by atoms with E-state index in [2.05, 4.69) is 20.1 Å². The number of halogens is 1. The van der Waals surface area contributed by atoms with Crippen LogP contribution in [0.4, 0.5) is 4.39 Å². The molecule has 4 rings (SSSR count). The number of nitrogens with zero attached hydrogens (tertiary/aromatic N) is 4. The number of aliphatic hydroxyl groups excluding tert-OH is 1. The third kappa shape index (κ3) is 6.43. The second-order valence-electron chi connectivity index (χ2n) is 8.88. The topological polar surface area (TPSA) is 71.4 Å².